The van der Waals surface area contributed by atoms with E-state index in [1.807, 2.05) is 11.8 Å². The van der Waals surface area contributed by atoms with Crippen molar-refractivity contribution >= 4 is 5.91 Å². The van der Waals surface area contributed by atoms with Crippen molar-refractivity contribution in [3.8, 4) is 0 Å². The van der Waals surface area contributed by atoms with E-state index in [1.165, 1.54) is 12.8 Å². The van der Waals surface area contributed by atoms with Gasteiger partial charge in [0, 0.05) is 26.2 Å². The molecule has 2 atom stereocenters. The van der Waals surface area contributed by atoms with E-state index in [1.54, 1.807) is 7.11 Å². The number of carbonyl (C=O) groups is 1. The summed E-state index contributed by atoms with van der Waals surface area (Å²) >= 11 is 0. The number of likely N-dealkylation sites (tertiary alicyclic amines) is 1. The van der Waals surface area contributed by atoms with Gasteiger partial charge >= 0.3 is 0 Å². The number of hydrogen-bond donors (Lipinski definition) is 1. The molecule has 16 heavy (non-hydrogen) atoms. The smallest absolute Gasteiger partial charge is 0.239 e. The highest BCUT2D eigenvalue weighted by molar-refractivity contribution is 5.82. The Labute approximate surface area is 97.3 Å². The maximum atomic E-state index is 12.1. The predicted molar refractivity (Wildman–Crippen MR) is 62.2 cm³/mol. The van der Waals surface area contributed by atoms with Crippen molar-refractivity contribution in [2.75, 3.05) is 20.2 Å². The average molecular weight is 226 g/mol. The number of rotatable bonds is 5. The van der Waals surface area contributed by atoms with Gasteiger partial charge in [0.1, 0.15) is 0 Å². The molecule has 92 valence electrons. The van der Waals surface area contributed by atoms with Crippen molar-refractivity contribution in [1.82, 2.24) is 10.2 Å². The Kier molecular flexibility index (Phi) is 3.82. The molecule has 2 aliphatic rings. The Hall–Kier alpha value is -0.610. The molecule has 1 aliphatic heterocycles. The summed E-state index contributed by atoms with van der Waals surface area (Å²) in [6, 6.07) is 0.666. The Morgan fingerprint density at radius 2 is 2.25 bits per heavy atom. The van der Waals surface area contributed by atoms with Gasteiger partial charge in [-0.05, 0) is 32.6 Å². The topological polar surface area (TPSA) is 41.6 Å². The van der Waals surface area contributed by atoms with E-state index >= 15 is 0 Å². The Bertz CT molecular complexity index is 253. The maximum absolute atomic E-state index is 12.1. The zero-order valence-electron chi connectivity index (χ0n) is 10.2. The molecule has 1 heterocycles. The van der Waals surface area contributed by atoms with Crippen molar-refractivity contribution in [3.63, 3.8) is 0 Å². The highest BCUT2D eigenvalue weighted by atomic mass is 16.5. The summed E-state index contributed by atoms with van der Waals surface area (Å²) in [6.45, 7) is 3.61. The van der Waals surface area contributed by atoms with Crippen molar-refractivity contribution < 1.29 is 9.53 Å². The van der Waals surface area contributed by atoms with Crippen molar-refractivity contribution in [1.29, 1.82) is 0 Å². The molecule has 0 aromatic heterocycles. The summed E-state index contributed by atoms with van der Waals surface area (Å²) in [6.07, 6.45) is 4.69. The highest BCUT2D eigenvalue weighted by Crippen LogP contribution is 2.22. The van der Waals surface area contributed by atoms with Crippen LogP contribution in [0.4, 0.5) is 0 Å². The van der Waals surface area contributed by atoms with E-state index in [-0.39, 0.29) is 18.1 Å². The van der Waals surface area contributed by atoms with E-state index in [0.29, 0.717) is 6.04 Å². The van der Waals surface area contributed by atoms with Crippen molar-refractivity contribution in [3.05, 3.63) is 0 Å². The lowest BCUT2D eigenvalue weighted by Gasteiger charge is -2.34. The summed E-state index contributed by atoms with van der Waals surface area (Å²) < 4.78 is 5.22. The summed E-state index contributed by atoms with van der Waals surface area (Å²) in [4.78, 5) is 14.1. The number of hydrogen-bond acceptors (Lipinski definition) is 3. The van der Waals surface area contributed by atoms with Gasteiger partial charge in [0.2, 0.25) is 5.91 Å². The molecule has 2 unspecified atom stereocenters. The Morgan fingerprint density at radius 3 is 2.88 bits per heavy atom. The van der Waals surface area contributed by atoms with Gasteiger partial charge in [-0.3, -0.25) is 4.79 Å². The molecule has 2 rings (SSSR count). The van der Waals surface area contributed by atoms with Gasteiger partial charge in [0.25, 0.3) is 0 Å². The minimum atomic E-state index is 0.0605. The molecule has 1 saturated carbocycles. The van der Waals surface area contributed by atoms with E-state index in [0.717, 1.165) is 25.9 Å². The lowest BCUT2D eigenvalue weighted by Crippen LogP contribution is -2.52. The second kappa shape index (κ2) is 5.15. The number of nitrogens with zero attached hydrogens (tertiary/aromatic N) is 1. The molecular weight excluding hydrogens is 204 g/mol. The summed E-state index contributed by atoms with van der Waals surface area (Å²) in [5, 5.41) is 3.43. The van der Waals surface area contributed by atoms with Gasteiger partial charge in [-0.1, -0.05) is 0 Å². The van der Waals surface area contributed by atoms with Crippen LogP contribution in [0.25, 0.3) is 0 Å². The number of amides is 1. The summed E-state index contributed by atoms with van der Waals surface area (Å²) in [5.74, 6) is 0.266. The Morgan fingerprint density at radius 1 is 1.50 bits per heavy atom. The average Bonchev–Trinajstić information content (AvgIpc) is 3.07. The maximum Gasteiger partial charge on any atom is 0.239 e. The zero-order valence-corrected chi connectivity index (χ0v) is 10.2. The normalized spacial score (nSPS) is 28.2. The largest absolute Gasteiger partial charge is 0.380 e. The molecule has 1 amide bonds. The van der Waals surface area contributed by atoms with E-state index < -0.39 is 0 Å². The van der Waals surface area contributed by atoms with E-state index in [4.69, 9.17) is 4.74 Å². The first-order valence-electron chi connectivity index (χ1n) is 6.28. The first-order chi connectivity index (χ1) is 7.70. The number of methoxy groups -OCH3 is 1. The zero-order chi connectivity index (χ0) is 11.5. The van der Waals surface area contributed by atoms with Crippen LogP contribution in [0.15, 0.2) is 0 Å². The minimum absolute atomic E-state index is 0.0605. The molecule has 1 N–H and O–H groups in total. The summed E-state index contributed by atoms with van der Waals surface area (Å²) in [7, 11) is 1.69. The van der Waals surface area contributed by atoms with Gasteiger partial charge in [0.05, 0.1) is 12.1 Å². The van der Waals surface area contributed by atoms with E-state index in [9.17, 15) is 4.79 Å². The fourth-order valence-corrected chi connectivity index (χ4v) is 2.20. The fraction of sp³-hybridized carbons (Fsp3) is 0.917. The quantitative estimate of drug-likeness (QED) is 0.752. The van der Waals surface area contributed by atoms with Crippen LogP contribution < -0.4 is 5.32 Å². The van der Waals surface area contributed by atoms with Crippen LogP contribution in [0.3, 0.4) is 0 Å². The third-order valence-corrected chi connectivity index (χ3v) is 3.42. The Balaban J connectivity index is 1.85. The molecule has 0 spiro atoms. The van der Waals surface area contributed by atoms with Crippen LogP contribution in [-0.4, -0.2) is 49.2 Å². The lowest BCUT2D eigenvalue weighted by atomic mass is 10.0. The van der Waals surface area contributed by atoms with Gasteiger partial charge < -0.3 is 15.0 Å². The standard InChI is InChI=1S/C12H22N2O2/c1-9(16-2)8-14-7-3-4-11(12(14)15)13-10-5-6-10/h9-11,13H,3-8H2,1-2H3. The second-order valence-corrected chi connectivity index (χ2v) is 4.97. The number of carbonyl (C=O) groups excluding carboxylic acids is 1. The molecule has 4 heteroatoms. The number of ether oxygens (including phenoxy) is 1. The molecule has 2 fully saturated rings. The van der Waals surface area contributed by atoms with Crippen LogP contribution in [-0.2, 0) is 9.53 Å². The molecular formula is C12H22N2O2. The van der Waals surface area contributed by atoms with Crippen LogP contribution in [0.5, 0.6) is 0 Å². The van der Waals surface area contributed by atoms with Gasteiger partial charge in [-0.2, -0.15) is 0 Å². The fourth-order valence-electron chi connectivity index (χ4n) is 2.20. The third-order valence-electron chi connectivity index (χ3n) is 3.42. The van der Waals surface area contributed by atoms with Crippen molar-refractivity contribution in [2.45, 2.75) is 50.8 Å². The van der Waals surface area contributed by atoms with Gasteiger partial charge in [0.15, 0.2) is 0 Å². The van der Waals surface area contributed by atoms with Crippen LogP contribution in [0, 0.1) is 0 Å². The second-order valence-electron chi connectivity index (χ2n) is 4.97. The predicted octanol–water partition coefficient (Wildman–Crippen LogP) is 0.764. The number of nitrogens with one attached hydrogen (secondary N) is 1. The van der Waals surface area contributed by atoms with Crippen molar-refractivity contribution in [2.24, 2.45) is 0 Å². The lowest BCUT2D eigenvalue weighted by molar-refractivity contribution is -0.137. The number of piperidine rings is 1. The molecule has 1 aliphatic carbocycles. The first-order valence-corrected chi connectivity index (χ1v) is 6.28. The molecule has 0 bridgehead atoms. The van der Waals surface area contributed by atoms with Crippen LogP contribution >= 0.6 is 0 Å². The first kappa shape index (κ1) is 11.9. The molecule has 4 nitrogen and oxygen atoms in total. The summed E-state index contributed by atoms with van der Waals surface area (Å²) in [5.41, 5.74) is 0. The van der Waals surface area contributed by atoms with E-state index in [2.05, 4.69) is 5.32 Å². The molecule has 0 radical (unpaired) electrons. The third kappa shape index (κ3) is 2.95. The van der Waals surface area contributed by atoms with Gasteiger partial charge in [-0.25, -0.2) is 0 Å². The van der Waals surface area contributed by atoms with Gasteiger partial charge in [-0.15, -0.1) is 0 Å². The monoisotopic (exact) mass is 226 g/mol. The molecule has 0 aromatic carbocycles. The highest BCUT2D eigenvalue weighted by Gasteiger charge is 2.33. The molecule has 0 aromatic rings. The molecule has 1 saturated heterocycles. The SMILES string of the molecule is COC(C)CN1CCCC(NC2CC2)C1=O. The van der Waals surface area contributed by atoms with Crippen LogP contribution in [0.1, 0.15) is 32.6 Å². The van der Waals surface area contributed by atoms with Crippen LogP contribution in [0.2, 0.25) is 0 Å². The minimum Gasteiger partial charge on any atom is -0.380 e.